The van der Waals surface area contributed by atoms with Gasteiger partial charge in [-0.25, -0.2) is 0 Å². The Morgan fingerprint density at radius 3 is 2.44 bits per heavy atom. The molecule has 1 fully saturated rings. The number of nitro benzene ring substituents is 1. The molecule has 10 heteroatoms. The fraction of sp³-hybridized carbons (Fsp3) is 0.115. The first-order chi connectivity index (χ1) is 17.4. The summed E-state index contributed by atoms with van der Waals surface area (Å²) in [5, 5.41) is 23.4. The maximum absolute atomic E-state index is 13.5. The summed E-state index contributed by atoms with van der Waals surface area (Å²) in [4.78, 5) is 38.6. The summed E-state index contributed by atoms with van der Waals surface area (Å²) in [5.74, 6) is -0.901. The Balaban J connectivity index is 1.67. The summed E-state index contributed by atoms with van der Waals surface area (Å²) >= 11 is 4.48. The van der Waals surface area contributed by atoms with Crippen molar-refractivity contribution in [1.82, 2.24) is 5.32 Å². The van der Waals surface area contributed by atoms with Crippen molar-refractivity contribution in [3.05, 3.63) is 115 Å². The second-order valence-electron chi connectivity index (χ2n) is 7.85. The lowest BCUT2D eigenvalue weighted by Crippen LogP contribution is -2.32. The first-order valence-corrected chi connectivity index (χ1v) is 12.5. The van der Waals surface area contributed by atoms with Gasteiger partial charge in [-0.3, -0.25) is 24.6 Å². The molecule has 1 heterocycles. The topological polar surface area (TPSA) is 116 Å². The standard InChI is InChI=1S/C26H19BrN4O4S/c27-19-9-11-20(12-10-19)30-25(33)23(14-18-7-4-8-21(13-18)31(34)35)36-26(30)22(15-28)24(32)29-16-17-5-2-1-3-6-17/h1-13,23H,14,16H2,(H,29,32)/b26-22-. The molecule has 36 heavy (non-hydrogen) atoms. The minimum atomic E-state index is -0.670. The number of hydrogen-bond acceptors (Lipinski definition) is 6. The number of halogens is 1. The molecule has 1 aliphatic heterocycles. The van der Waals surface area contributed by atoms with E-state index in [-0.39, 0.29) is 35.2 Å². The number of nitrogens with one attached hydrogen (secondary N) is 1. The SMILES string of the molecule is N#C/C(C(=O)NCc1ccccc1)=C1/SC(Cc2cccc([N+](=O)[O-])c2)C(=O)N1c1ccc(Br)cc1. The zero-order chi connectivity index (χ0) is 25.7. The highest BCUT2D eigenvalue weighted by atomic mass is 79.9. The number of anilines is 1. The molecule has 8 nitrogen and oxygen atoms in total. The zero-order valence-corrected chi connectivity index (χ0v) is 21.2. The Labute approximate surface area is 219 Å². The highest BCUT2D eigenvalue weighted by Gasteiger charge is 2.40. The second kappa shape index (κ2) is 11.2. The predicted molar refractivity (Wildman–Crippen MR) is 141 cm³/mol. The Bertz CT molecular complexity index is 1390. The molecule has 3 aromatic rings. The lowest BCUT2D eigenvalue weighted by Gasteiger charge is -2.19. The van der Waals surface area contributed by atoms with Crippen LogP contribution in [0, 0.1) is 21.4 Å². The number of nitro groups is 1. The van der Waals surface area contributed by atoms with Gasteiger partial charge in [0.2, 0.25) is 5.91 Å². The van der Waals surface area contributed by atoms with E-state index in [1.807, 2.05) is 36.4 Å². The highest BCUT2D eigenvalue weighted by molar-refractivity contribution is 9.10. The fourth-order valence-electron chi connectivity index (χ4n) is 3.69. The van der Waals surface area contributed by atoms with Gasteiger partial charge in [-0.05, 0) is 41.8 Å². The molecule has 1 N–H and O–H groups in total. The molecular weight excluding hydrogens is 544 g/mol. The molecule has 2 amide bonds. The number of carbonyl (C=O) groups is 2. The average Bonchev–Trinajstić information content (AvgIpc) is 3.19. The van der Waals surface area contributed by atoms with E-state index in [4.69, 9.17) is 0 Å². The van der Waals surface area contributed by atoms with Crippen LogP contribution in [0.1, 0.15) is 11.1 Å². The van der Waals surface area contributed by atoms with Crippen LogP contribution in [0.25, 0.3) is 0 Å². The average molecular weight is 563 g/mol. The fourth-order valence-corrected chi connectivity index (χ4v) is 5.26. The second-order valence-corrected chi connectivity index (χ2v) is 9.96. The third-order valence-corrected chi connectivity index (χ3v) is 7.22. The first kappa shape index (κ1) is 25.2. The molecule has 180 valence electrons. The molecule has 1 atom stereocenters. The van der Waals surface area contributed by atoms with Gasteiger partial charge in [0, 0.05) is 28.8 Å². The normalized spacial score (nSPS) is 16.4. The Kier molecular flexibility index (Phi) is 7.83. The number of hydrogen-bond donors (Lipinski definition) is 1. The van der Waals surface area contributed by atoms with Gasteiger partial charge < -0.3 is 5.32 Å². The van der Waals surface area contributed by atoms with Crippen LogP contribution in [-0.4, -0.2) is 22.0 Å². The van der Waals surface area contributed by atoms with Crippen LogP contribution in [0.2, 0.25) is 0 Å². The van der Waals surface area contributed by atoms with Gasteiger partial charge in [0.05, 0.1) is 10.2 Å². The van der Waals surface area contributed by atoms with Crippen LogP contribution in [0.3, 0.4) is 0 Å². The lowest BCUT2D eigenvalue weighted by molar-refractivity contribution is -0.384. The van der Waals surface area contributed by atoms with Crippen molar-refractivity contribution in [2.75, 3.05) is 4.90 Å². The van der Waals surface area contributed by atoms with Crippen LogP contribution in [-0.2, 0) is 22.6 Å². The van der Waals surface area contributed by atoms with Gasteiger partial charge in [-0.15, -0.1) is 0 Å². The molecule has 1 unspecified atom stereocenters. The molecular formula is C26H19BrN4O4S. The molecule has 4 rings (SSSR count). The first-order valence-electron chi connectivity index (χ1n) is 10.8. The minimum absolute atomic E-state index is 0.0681. The number of nitrogens with zero attached hydrogens (tertiary/aromatic N) is 3. The third kappa shape index (κ3) is 5.64. The van der Waals surface area contributed by atoms with Crippen molar-refractivity contribution < 1.29 is 14.5 Å². The van der Waals surface area contributed by atoms with Crippen LogP contribution < -0.4 is 10.2 Å². The van der Waals surface area contributed by atoms with Crippen molar-refractivity contribution in [3.8, 4) is 6.07 Å². The van der Waals surface area contributed by atoms with Crippen molar-refractivity contribution in [2.24, 2.45) is 0 Å². The molecule has 0 aromatic heterocycles. The van der Waals surface area contributed by atoms with Crippen molar-refractivity contribution in [3.63, 3.8) is 0 Å². The van der Waals surface area contributed by atoms with Gasteiger partial charge in [-0.1, -0.05) is 70.2 Å². The predicted octanol–water partition coefficient (Wildman–Crippen LogP) is 5.10. The van der Waals surface area contributed by atoms with Crippen LogP contribution in [0.15, 0.2) is 93.9 Å². The Morgan fingerprint density at radius 1 is 1.08 bits per heavy atom. The van der Waals surface area contributed by atoms with E-state index in [0.29, 0.717) is 11.3 Å². The van der Waals surface area contributed by atoms with Crippen LogP contribution >= 0.6 is 27.7 Å². The summed E-state index contributed by atoms with van der Waals surface area (Å²) in [7, 11) is 0. The number of nitriles is 1. The largest absolute Gasteiger partial charge is 0.347 e. The van der Waals surface area contributed by atoms with Gasteiger partial charge in [0.15, 0.2) is 0 Å². The Hall–Kier alpha value is -3.94. The molecule has 1 aliphatic rings. The van der Waals surface area contributed by atoms with Crippen LogP contribution in [0.4, 0.5) is 11.4 Å². The summed E-state index contributed by atoms with van der Waals surface area (Å²) < 4.78 is 0.810. The molecule has 0 bridgehead atoms. The minimum Gasteiger partial charge on any atom is -0.347 e. The molecule has 3 aromatic carbocycles. The van der Waals surface area contributed by atoms with Gasteiger partial charge in [0.1, 0.15) is 16.7 Å². The number of benzene rings is 3. The number of thioether (sulfide) groups is 1. The summed E-state index contributed by atoms with van der Waals surface area (Å²) in [6.07, 6.45) is 0.200. The number of non-ortho nitro benzene ring substituents is 1. The quantitative estimate of drug-likeness (QED) is 0.185. The summed E-state index contributed by atoms with van der Waals surface area (Å²) in [5.41, 5.74) is 1.75. The molecule has 0 spiro atoms. The highest BCUT2D eigenvalue weighted by Crippen LogP contribution is 2.42. The van der Waals surface area contributed by atoms with Gasteiger partial charge >= 0.3 is 0 Å². The van der Waals surface area contributed by atoms with E-state index in [9.17, 15) is 25.0 Å². The molecule has 1 saturated heterocycles. The molecule has 0 radical (unpaired) electrons. The van der Waals surface area contributed by atoms with Gasteiger partial charge in [0.25, 0.3) is 11.6 Å². The van der Waals surface area contributed by atoms with Crippen molar-refractivity contribution in [2.45, 2.75) is 18.2 Å². The Morgan fingerprint density at radius 2 is 1.78 bits per heavy atom. The van der Waals surface area contributed by atoms with E-state index in [2.05, 4.69) is 21.2 Å². The van der Waals surface area contributed by atoms with Crippen LogP contribution in [0.5, 0.6) is 0 Å². The smallest absolute Gasteiger partial charge is 0.269 e. The van der Waals surface area contributed by atoms with Gasteiger partial charge in [-0.2, -0.15) is 5.26 Å². The van der Waals surface area contributed by atoms with E-state index in [0.717, 1.165) is 21.8 Å². The van der Waals surface area contributed by atoms with Crippen molar-refractivity contribution in [1.29, 1.82) is 5.26 Å². The third-order valence-electron chi connectivity index (χ3n) is 5.43. The van der Waals surface area contributed by atoms with E-state index in [1.165, 1.54) is 17.0 Å². The number of rotatable bonds is 7. The summed E-state index contributed by atoms with van der Waals surface area (Å²) in [6.45, 7) is 0.228. The number of carbonyl (C=O) groups excluding carboxylic acids is 2. The molecule has 0 saturated carbocycles. The van der Waals surface area contributed by atoms with Crippen molar-refractivity contribution >= 4 is 50.9 Å². The zero-order valence-electron chi connectivity index (χ0n) is 18.8. The summed E-state index contributed by atoms with van der Waals surface area (Å²) in [6, 6.07) is 24.3. The van der Waals surface area contributed by atoms with E-state index < -0.39 is 16.1 Å². The maximum atomic E-state index is 13.5. The number of amides is 2. The molecule has 0 aliphatic carbocycles. The van der Waals surface area contributed by atoms with E-state index in [1.54, 1.807) is 36.4 Å². The van der Waals surface area contributed by atoms with E-state index >= 15 is 0 Å². The monoisotopic (exact) mass is 562 g/mol. The lowest BCUT2D eigenvalue weighted by atomic mass is 10.1. The maximum Gasteiger partial charge on any atom is 0.269 e.